The van der Waals surface area contributed by atoms with Crippen molar-refractivity contribution in [3.63, 3.8) is 0 Å². The van der Waals surface area contributed by atoms with Crippen molar-refractivity contribution in [3.05, 3.63) is 29.3 Å². The van der Waals surface area contributed by atoms with Gasteiger partial charge < -0.3 is 9.64 Å². The second-order valence-corrected chi connectivity index (χ2v) is 5.88. The lowest BCUT2D eigenvalue weighted by atomic mass is 10.0. The highest BCUT2D eigenvalue weighted by atomic mass is 19.4. The topological polar surface area (TPSA) is 39.5 Å². The highest BCUT2D eigenvalue weighted by Gasteiger charge is 2.32. The molecule has 0 spiro atoms. The summed E-state index contributed by atoms with van der Waals surface area (Å²) in [5, 5.41) is 9.26. The van der Waals surface area contributed by atoms with Crippen LogP contribution in [0.25, 0.3) is 0 Å². The predicted molar refractivity (Wildman–Crippen MR) is 85.9 cm³/mol. The fourth-order valence-electron chi connectivity index (χ4n) is 3.08. The third kappa shape index (κ3) is 4.19. The van der Waals surface area contributed by atoms with Crippen LogP contribution in [-0.4, -0.2) is 50.8 Å². The van der Waals surface area contributed by atoms with Crippen LogP contribution in [0.15, 0.2) is 18.2 Å². The maximum Gasteiger partial charge on any atom is 0.416 e. The molecule has 0 saturated carbocycles. The molecule has 0 aliphatic carbocycles. The molecule has 0 amide bonds. The van der Waals surface area contributed by atoms with Crippen LogP contribution in [0.2, 0.25) is 0 Å². The maximum absolute atomic E-state index is 12.8. The van der Waals surface area contributed by atoms with Crippen molar-refractivity contribution >= 4 is 5.69 Å². The molecule has 2 rings (SSSR count). The summed E-state index contributed by atoms with van der Waals surface area (Å²) in [6, 6.07) is 5.61. The lowest BCUT2D eigenvalue weighted by molar-refractivity contribution is -0.137. The number of nitrogens with zero attached hydrogens (tertiary/aromatic N) is 3. The largest absolute Gasteiger partial charge is 0.416 e. The first-order valence-corrected chi connectivity index (χ1v) is 8.00. The minimum atomic E-state index is -4.44. The van der Waals surface area contributed by atoms with Gasteiger partial charge in [0.1, 0.15) is 6.07 Å². The molecule has 0 radical (unpaired) electrons. The third-order valence-corrected chi connectivity index (χ3v) is 4.44. The van der Waals surface area contributed by atoms with Crippen LogP contribution < -0.4 is 4.90 Å². The van der Waals surface area contributed by atoms with Crippen molar-refractivity contribution in [1.82, 2.24) is 4.90 Å². The van der Waals surface area contributed by atoms with Gasteiger partial charge in [-0.05, 0) is 24.6 Å². The zero-order valence-electron chi connectivity index (χ0n) is 13.9. The smallest absolute Gasteiger partial charge is 0.383 e. The summed E-state index contributed by atoms with van der Waals surface area (Å²) in [4.78, 5) is 4.34. The Bertz CT molecular complexity index is 598. The summed E-state index contributed by atoms with van der Waals surface area (Å²) >= 11 is 0. The second kappa shape index (κ2) is 7.86. The quantitative estimate of drug-likeness (QED) is 0.825. The highest BCUT2D eigenvalue weighted by Crippen LogP contribution is 2.33. The van der Waals surface area contributed by atoms with E-state index in [-0.39, 0.29) is 5.56 Å². The molecule has 7 heteroatoms. The molecule has 4 nitrogen and oxygen atoms in total. The summed E-state index contributed by atoms with van der Waals surface area (Å²) in [6.07, 6.45) is -3.50. The SMILES string of the molecule is CCC1CN(c2ccc(C(F)(F)F)cc2C#N)CCN1CCOC. The van der Waals surface area contributed by atoms with Gasteiger partial charge in [-0.15, -0.1) is 0 Å². The van der Waals surface area contributed by atoms with Crippen LogP contribution in [0, 0.1) is 11.3 Å². The number of rotatable bonds is 5. The molecule has 1 heterocycles. The van der Waals surface area contributed by atoms with Crippen molar-refractivity contribution < 1.29 is 17.9 Å². The van der Waals surface area contributed by atoms with Gasteiger partial charge >= 0.3 is 6.18 Å². The van der Waals surface area contributed by atoms with Gasteiger partial charge in [0.05, 0.1) is 23.4 Å². The van der Waals surface area contributed by atoms with Crippen molar-refractivity contribution in [3.8, 4) is 6.07 Å². The van der Waals surface area contributed by atoms with Crippen molar-refractivity contribution in [1.29, 1.82) is 5.26 Å². The standard InChI is InChI=1S/C17H22F3N3O/c1-3-15-12-23(7-6-22(15)8-9-24-2)16-5-4-14(17(18,19)20)10-13(16)11-21/h4-5,10,15H,3,6-9,12H2,1-2H3. The monoisotopic (exact) mass is 341 g/mol. The zero-order chi connectivity index (χ0) is 17.7. The van der Waals surface area contributed by atoms with E-state index in [0.717, 1.165) is 31.6 Å². The molecular weight excluding hydrogens is 319 g/mol. The molecule has 1 aliphatic rings. The Balaban J connectivity index is 2.19. The van der Waals surface area contributed by atoms with E-state index in [2.05, 4.69) is 11.8 Å². The van der Waals surface area contributed by atoms with Gasteiger partial charge in [0.2, 0.25) is 0 Å². The molecule has 1 atom stereocenters. The molecule has 0 aromatic heterocycles. The average molecular weight is 341 g/mol. The van der Waals surface area contributed by atoms with Crippen molar-refractivity contribution in [2.75, 3.05) is 44.8 Å². The molecule has 1 aromatic rings. The number of anilines is 1. The van der Waals surface area contributed by atoms with Gasteiger partial charge in [-0.25, -0.2) is 0 Å². The molecule has 1 saturated heterocycles. The van der Waals surface area contributed by atoms with E-state index in [9.17, 15) is 18.4 Å². The molecular formula is C17H22F3N3O. The Morgan fingerprint density at radius 2 is 2.08 bits per heavy atom. The normalized spacial score (nSPS) is 19.3. The second-order valence-electron chi connectivity index (χ2n) is 5.88. The van der Waals surface area contributed by atoms with E-state index in [1.165, 1.54) is 6.07 Å². The van der Waals surface area contributed by atoms with Crippen LogP contribution in [0.4, 0.5) is 18.9 Å². The summed E-state index contributed by atoms with van der Waals surface area (Å²) in [5.41, 5.74) is -0.131. The van der Waals surface area contributed by atoms with Crippen LogP contribution in [-0.2, 0) is 10.9 Å². The lowest BCUT2D eigenvalue weighted by Crippen LogP contribution is -2.53. The lowest BCUT2D eigenvalue weighted by Gasteiger charge is -2.42. The first-order valence-electron chi connectivity index (χ1n) is 8.00. The Kier molecular flexibility index (Phi) is 6.08. The number of ether oxygens (including phenoxy) is 1. The number of alkyl halides is 3. The Hall–Kier alpha value is -1.78. The summed E-state index contributed by atoms with van der Waals surface area (Å²) in [7, 11) is 1.67. The number of halogens is 3. The summed E-state index contributed by atoms with van der Waals surface area (Å²) in [6.45, 7) is 5.75. The van der Waals surface area contributed by atoms with E-state index >= 15 is 0 Å². The Morgan fingerprint density at radius 1 is 1.33 bits per heavy atom. The molecule has 132 valence electrons. The number of nitriles is 1. The Labute approximate surface area is 140 Å². The minimum absolute atomic E-state index is 0.0741. The molecule has 0 N–H and O–H groups in total. The first kappa shape index (κ1) is 18.6. The van der Waals surface area contributed by atoms with E-state index in [1.54, 1.807) is 7.11 Å². The van der Waals surface area contributed by atoms with Gasteiger partial charge in [0, 0.05) is 39.3 Å². The minimum Gasteiger partial charge on any atom is -0.383 e. The molecule has 1 aromatic carbocycles. The van der Waals surface area contributed by atoms with Crippen LogP contribution in [0.1, 0.15) is 24.5 Å². The molecule has 1 unspecified atom stereocenters. The number of hydrogen-bond acceptors (Lipinski definition) is 4. The fourth-order valence-corrected chi connectivity index (χ4v) is 3.08. The molecule has 1 fully saturated rings. The van der Waals surface area contributed by atoms with Gasteiger partial charge in [0.15, 0.2) is 0 Å². The van der Waals surface area contributed by atoms with Crippen LogP contribution >= 0.6 is 0 Å². The first-order chi connectivity index (χ1) is 11.4. The highest BCUT2D eigenvalue weighted by molar-refractivity contribution is 5.61. The average Bonchev–Trinajstić information content (AvgIpc) is 2.58. The number of piperazine rings is 1. The summed E-state index contributed by atoms with van der Waals surface area (Å²) in [5.74, 6) is 0. The Morgan fingerprint density at radius 3 is 2.67 bits per heavy atom. The van der Waals surface area contributed by atoms with E-state index < -0.39 is 11.7 Å². The van der Waals surface area contributed by atoms with E-state index in [0.29, 0.717) is 31.4 Å². The van der Waals surface area contributed by atoms with Crippen LogP contribution in [0.5, 0.6) is 0 Å². The third-order valence-electron chi connectivity index (χ3n) is 4.44. The van der Waals surface area contributed by atoms with Gasteiger partial charge in [0.25, 0.3) is 0 Å². The molecule has 1 aliphatic heterocycles. The number of hydrogen-bond donors (Lipinski definition) is 0. The number of methoxy groups -OCH3 is 1. The molecule has 24 heavy (non-hydrogen) atoms. The predicted octanol–water partition coefficient (Wildman–Crippen LogP) is 3.12. The number of benzene rings is 1. The van der Waals surface area contributed by atoms with Crippen molar-refractivity contribution in [2.24, 2.45) is 0 Å². The fraction of sp³-hybridized carbons (Fsp3) is 0.588. The van der Waals surface area contributed by atoms with Crippen LogP contribution in [0.3, 0.4) is 0 Å². The summed E-state index contributed by atoms with van der Waals surface area (Å²) < 4.78 is 43.6. The van der Waals surface area contributed by atoms with E-state index in [4.69, 9.17) is 4.74 Å². The maximum atomic E-state index is 12.8. The van der Waals surface area contributed by atoms with E-state index in [1.807, 2.05) is 11.0 Å². The van der Waals surface area contributed by atoms with Gasteiger partial charge in [-0.3, -0.25) is 4.90 Å². The molecule has 0 bridgehead atoms. The zero-order valence-corrected chi connectivity index (χ0v) is 13.9. The van der Waals surface area contributed by atoms with Gasteiger partial charge in [-0.1, -0.05) is 6.92 Å². The van der Waals surface area contributed by atoms with Crippen molar-refractivity contribution in [2.45, 2.75) is 25.6 Å². The van der Waals surface area contributed by atoms with Gasteiger partial charge in [-0.2, -0.15) is 18.4 Å².